The Bertz CT molecular complexity index is 261. The van der Waals surface area contributed by atoms with Crippen molar-refractivity contribution in [1.82, 2.24) is 0 Å². The molecular weight excluding hydrogens is 178 g/mol. The monoisotopic (exact) mass is 195 g/mol. The standard InChI is InChI=1S/C11H17NO2/c1-2-8(13)5-11(7-12)6-9-3-4-10(11)14-9/h8-10,13H,2-6H2,1H3. The van der Waals surface area contributed by atoms with Crippen LogP contribution in [-0.2, 0) is 4.74 Å². The van der Waals surface area contributed by atoms with Crippen LogP contribution < -0.4 is 0 Å². The van der Waals surface area contributed by atoms with E-state index in [1.165, 1.54) is 0 Å². The number of ether oxygens (including phenoxy) is 1. The summed E-state index contributed by atoms with van der Waals surface area (Å²) in [5.41, 5.74) is -0.391. The second-order valence-electron chi connectivity index (χ2n) is 4.56. The van der Waals surface area contributed by atoms with Gasteiger partial charge in [-0.2, -0.15) is 5.26 Å². The largest absolute Gasteiger partial charge is 0.393 e. The van der Waals surface area contributed by atoms with Crippen LogP contribution in [0.4, 0.5) is 0 Å². The Kier molecular flexibility index (Phi) is 2.50. The van der Waals surface area contributed by atoms with E-state index in [0.717, 1.165) is 25.7 Å². The highest BCUT2D eigenvalue weighted by Crippen LogP contribution is 2.50. The predicted molar refractivity (Wildman–Crippen MR) is 51.5 cm³/mol. The van der Waals surface area contributed by atoms with E-state index in [-0.39, 0.29) is 18.3 Å². The van der Waals surface area contributed by atoms with Gasteiger partial charge in [-0.05, 0) is 32.1 Å². The summed E-state index contributed by atoms with van der Waals surface area (Å²) in [5, 5.41) is 18.9. The molecule has 2 saturated heterocycles. The Hall–Kier alpha value is -0.590. The van der Waals surface area contributed by atoms with Crippen molar-refractivity contribution in [3.8, 4) is 6.07 Å². The lowest BCUT2D eigenvalue weighted by molar-refractivity contribution is 0.0507. The molecule has 1 N–H and O–H groups in total. The fourth-order valence-corrected chi connectivity index (χ4v) is 2.74. The molecule has 0 amide bonds. The molecule has 0 aliphatic carbocycles. The third-order valence-electron chi connectivity index (χ3n) is 3.61. The molecule has 3 heteroatoms. The van der Waals surface area contributed by atoms with Crippen molar-refractivity contribution >= 4 is 0 Å². The van der Waals surface area contributed by atoms with E-state index in [2.05, 4.69) is 6.07 Å². The molecular formula is C11H17NO2. The maximum absolute atomic E-state index is 9.64. The lowest BCUT2D eigenvalue weighted by Crippen LogP contribution is -2.34. The molecule has 4 unspecified atom stereocenters. The Balaban J connectivity index is 2.08. The predicted octanol–water partition coefficient (Wildman–Crippen LogP) is 1.61. The minimum absolute atomic E-state index is 0.0821. The fourth-order valence-electron chi connectivity index (χ4n) is 2.74. The van der Waals surface area contributed by atoms with E-state index in [4.69, 9.17) is 4.74 Å². The van der Waals surface area contributed by atoms with Gasteiger partial charge in [0.05, 0.1) is 29.8 Å². The number of nitrogens with zero attached hydrogens (tertiary/aromatic N) is 1. The summed E-state index contributed by atoms with van der Waals surface area (Å²) in [6.07, 6.45) is 4.23. The lowest BCUT2D eigenvalue weighted by Gasteiger charge is -2.29. The smallest absolute Gasteiger partial charge is 0.0884 e. The topological polar surface area (TPSA) is 53.2 Å². The molecule has 14 heavy (non-hydrogen) atoms. The van der Waals surface area contributed by atoms with E-state index in [0.29, 0.717) is 6.42 Å². The molecule has 0 aromatic rings. The van der Waals surface area contributed by atoms with Crippen molar-refractivity contribution in [2.75, 3.05) is 0 Å². The Morgan fingerprint density at radius 1 is 1.64 bits per heavy atom. The molecule has 2 rings (SSSR count). The summed E-state index contributed by atoms with van der Waals surface area (Å²) in [6.45, 7) is 1.95. The van der Waals surface area contributed by atoms with Gasteiger partial charge in [0.25, 0.3) is 0 Å². The second-order valence-corrected chi connectivity index (χ2v) is 4.56. The van der Waals surface area contributed by atoms with Crippen LogP contribution in [0.25, 0.3) is 0 Å². The molecule has 0 spiro atoms. The SMILES string of the molecule is CCC(O)CC1(C#N)CC2CCC1O2. The van der Waals surface area contributed by atoms with Gasteiger partial charge in [-0.3, -0.25) is 0 Å². The quantitative estimate of drug-likeness (QED) is 0.744. The molecule has 0 saturated carbocycles. The number of aliphatic hydroxyl groups excluding tert-OH is 1. The van der Waals surface area contributed by atoms with Crippen LogP contribution in [0.1, 0.15) is 39.0 Å². The van der Waals surface area contributed by atoms with Gasteiger partial charge in [0.2, 0.25) is 0 Å². The molecule has 0 aromatic heterocycles. The summed E-state index contributed by atoms with van der Waals surface area (Å²) in [4.78, 5) is 0. The zero-order chi connectivity index (χ0) is 10.2. The highest BCUT2D eigenvalue weighted by atomic mass is 16.5. The first kappa shape index (κ1) is 9.95. The first-order valence-electron chi connectivity index (χ1n) is 5.45. The fraction of sp³-hybridized carbons (Fsp3) is 0.909. The van der Waals surface area contributed by atoms with Gasteiger partial charge in [0.1, 0.15) is 0 Å². The van der Waals surface area contributed by atoms with E-state index in [1.807, 2.05) is 6.92 Å². The zero-order valence-corrected chi connectivity index (χ0v) is 8.57. The van der Waals surface area contributed by atoms with Crippen LogP contribution >= 0.6 is 0 Å². The minimum atomic E-state index is -0.391. The first-order valence-corrected chi connectivity index (χ1v) is 5.45. The van der Waals surface area contributed by atoms with Crippen molar-refractivity contribution < 1.29 is 9.84 Å². The number of rotatable bonds is 3. The number of hydrogen-bond donors (Lipinski definition) is 1. The van der Waals surface area contributed by atoms with Crippen LogP contribution in [-0.4, -0.2) is 23.4 Å². The zero-order valence-electron chi connectivity index (χ0n) is 8.57. The highest BCUT2D eigenvalue weighted by molar-refractivity contribution is 5.12. The Morgan fingerprint density at radius 2 is 2.43 bits per heavy atom. The summed E-state index contributed by atoms with van der Waals surface area (Å²) in [5.74, 6) is 0. The summed E-state index contributed by atoms with van der Waals surface area (Å²) >= 11 is 0. The average Bonchev–Trinajstić information content (AvgIpc) is 2.77. The molecule has 0 radical (unpaired) electrons. The number of nitriles is 1. The van der Waals surface area contributed by atoms with Gasteiger partial charge < -0.3 is 9.84 Å². The van der Waals surface area contributed by atoms with E-state index in [9.17, 15) is 10.4 Å². The van der Waals surface area contributed by atoms with Crippen LogP contribution in [0.15, 0.2) is 0 Å². The third-order valence-corrected chi connectivity index (χ3v) is 3.61. The van der Waals surface area contributed by atoms with Crippen LogP contribution in [0.5, 0.6) is 0 Å². The molecule has 4 atom stereocenters. The van der Waals surface area contributed by atoms with Crippen molar-refractivity contribution in [3.63, 3.8) is 0 Å². The molecule has 2 heterocycles. The lowest BCUT2D eigenvalue weighted by atomic mass is 9.71. The number of fused-ring (bicyclic) bond motifs is 2. The minimum Gasteiger partial charge on any atom is -0.393 e. The number of hydrogen-bond acceptors (Lipinski definition) is 3. The van der Waals surface area contributed by atoms with Crippen molar-refractivity contribution in [2.45, 2.75) is 57.3 Å². The molecule has 78 valence electrons. The van der Waals surface area contributed by atoms with Gasteiger partial charge in [-0.1, -0.05) is 6.92 Å². The van der Waals surface area contributed by atoms with Gasteiger partial charge in [-0.15, -0.1) is 0 Å². The summed E-state index contributed by atoms with van der Waals surface area (Å²) in [6, 6.07) is 2.39. The molecule has 2 aliphatic heterocycles. The van der Waals surface area contributed by atoms with Crippen molar-refractivity contribution in [1.29, 1.82) is 5.26 Å². The summed E-state index contributed by atoms with van der Waals surface area (Å²) < 4.78 is 5.69. The first-order chi connectivity index (χ1) is 6.70. The van der Waals surface area contributed by atoms with E-state index in [1.54, 1.807) is 0 Å². The molecule has 2 fully saturated rings. The number of aliphatic hydroxyl groups is 1. The van der Waals surface area contributed by atoms with Crippen molar-refractivity contribution in [3.05, 3.63) is 0 Å². The third kappa shape index (κ3) is 1.43. The van der Waals surface area contributed by atoms with E-state index < -0.39 is 5.41 Å². The molecule has 0 aromatic carbocycles. The van der Waals surface area contributed by atoms with Gasteiger partial charge in [0.15, 0.2) is 0 Å². The molecule has 2 aliphatic rings. The summed E-state index contributed by atoms with van der Waals surface area (Å²) in [7, 11) is 0. The van der Waals surface area contributed by atoms with E-state index >= 15 is 0 Å². The average molecular weight is 195 g/mol. The Labute approximate surface area is 84.7 Å². The van der Waals surface area contributed by atoms with Gasteiger partial charge in [0, 0.05) is 0 Å². The van der Waals surface area contributed by atoms with Crippen LogP contribution in [0.3, 0.4) is 0 Å². The van der Waals surface area contributed by atoms with Crippen LogP contribution in [0, 0.1) is 16.7 Å². The maximum atomic E-state index is 9.64. The van der Waals surface area contributed by atoms with Gasteiger partial charge in [-0.25, -0.2) is 0 Å². The Morgan fingerprint density at radius 3 is 2.86 bits per heavy atom. The maximum Gasteiger partial charge on any atom is 0.0884 e. The normalized spacial score (nSPS) is 42.4. The molecule has 3 nitrogen and oxygen atoms in total. The highest BCUT2D eigenvalue weighted by Gasteiger charge is 2.53. The van der Waals surface area contributed by atoms with Crippen molar-refractivity contribution in [2.24, 2.45) is 5.41 Å². The van der Waals surface area contributed by atoms with Gasteiger partial charge >= 0.3 is 0 Å². The van der Waals surface area contributed by atoms with Crippen LogP contribution in [0.2, 0.25) is 0 Å². The second kappa shape index (κ2) is 3.52. The molecule has 2 bridgehead atoms.